The third-order valence-electron chi connectivity index (χ3n) is 3.32. The molecular formula is C15H18N2O3. The zero-order chi connectivity index (χ0) is 14.5. The van der Waals surface area contributed by atoms with E-state index in [1.54, 1.807) is 0 Å². The lowest BCUT2D eigenvalue weighted by molar-refractivity contribution is -0.146. The number of nitrogens with zero attached hydrogens (tertiary/aromatic N) is 1. The van der Waals surface area contributed by atoms with Crippen molar-refractivity contribution in [3.8, 4) is 0 Å². The van der Waals surface area contributed by atoms with E-state index in [1.807, 2.05) is 18.3 Å². The molecule has 106 valence electrons. The molecule has 5 nitrogen and oxygen atoms in total. The fourth-order valence-electron chi connectivity index (χ4n) is 2.06. The van der Waals surface area contributed by atoms with E-state index in [2.05, 4.69) is 28.1 Å². The normalized spacial score (nSPS) is 12.2. The van der Waals surface area contributed by atoms with E-state index < -0.39 is 17.8 Å². The van der Waals surface area contributed by atoms with Crippen LogP contribution in [0.5, 0.6) is 0 Å². The minimum absolute atomic E-state index is 0.435. The molecule has 2 aromatic rings. The van der Waals surface area contributed by atoms with E-state index in [4.69, 9.17) is 5.11 Å². The van der Waals surface area contributed by atoms with Crippen molar-refractivity contribution in [2.24, 2.45) is 5.92 Å². The number of aliphatic carboxylic acids is 1. The Kier molecular flexibility index (Phi) is 4.40. The molecule has 0 bridgehead atoms. The van der Waals surface area contributed by atoms with Crippen molar-refractivity contribution in [1.29, 1.82) is 0 Å². The van der Waals surface area contributed by atoms with Gasteiger partial charge in [-0.05, 0) is 30.9 Å². The van der Waals surface area contributed by atoms with Gasteiger partial charge in [-0.3, -0.25) is 9.59 Å². The van der Waals surface area contributed by atoms with Gasteiger partial charge in [-0.25, -0.2) is 0 Å². The molecule has 1 atom stereocenters. The second-order valence-electron chi connectivity index (χ2n) is 4.77. The third kappa shape index (κ3) is 3.17. The maximum atomic E-state index is 11.5. The van der Waals surface area contributed by atoms with Crippen LogP contribution in [0.15, 0.2) is 36.5 Å². The van der Waals surface area contributed by atoms with Gasteiger partial charge < -0.3 is 15.0 Å². The molecule has 0 spiro atoms. The quantitative estimate of drug-likeness (QED) is 0.624. The van der Waals surface area contributed by atoms with E-state index >= 15 is 0 Å². The number of carbonyl (C=O) groups is 2. The van der Waals surface area contributed by atoms with Gasteiger partial charge >= 0.3 is 5.97 Å². The number of hydrogen-bond acceptors (Lipinski definition) is 2. The van der Waals surface area contributed by atoms with Gasteiger partial charge in [-0.2, -0.15) is 0 Å². The Balaban J connectivity index is 1.82. The number of para-hydroxylation sites is 1. The van der Waals surface area contributed by atoms with Crippen LogP contribution in [0.25, 0.3) is 10.9 Å². The van der Waals surface area contributed by atoms with Crippen molar-refractivity contribution < 1.29 is 14.7 Å². The standard InChI is InChI=1S/C15H18N2O3/c1-11(15(19)20)14(18)16-8-4-9-17-10-7-12-5-2-3-6-13(12)17/h2-3,5-7,10-11H,4,8-9H2,1H3,(H,16,18)(H,19,20). The lowest BCUT2D eigenvalue weighted by Crippen LogP contribution is -2.34. The maximum Gasteiger partial charge on any atom is 0.315 e. The zero-order valence-electron chi connectivity index (χ0n) is 11.4. The van der Waals surface area contributed by atoms with Crippen LogP contribution in [-0.2, 0) is 16.1 Å². The van der Waals surface area contributed by atoms with Gasteiger partial charge in [0.15, 0.2) is 0 Å². The summed E-state index contributed by atoms with van der Waals surface area (Å²) in [6, 6.07) is 10.2. The van der Waals surface area contributed by atoms with Crippen molar-refractivity contribution in [3.05, 3.63) is 36.5 Å². The van der Waals surface area contributed by atoms with Crippen LogP contribution in [0.3, 0.4) is 0 Å². The molecule has 1 aromatic heterocycles. The second-order valence-corrected chi connectivity index (χ2v) is 4.77. The Hall–Kier alpha value is -2.30. The summed E-state index contributed by atoms with van der Waals surface area (Å²) in [6.45, 7) is 2.65. The SMILES string of the molecule is CC(C(=O)O)C(=O)NCCCn1ccc2ccccc21. The third-order valence-corrected chi connectivity index (χ3v) is 3.32. The van der Waals surface area contributed by atoms with Crippen LogP contribution in [0.2, 0.25) is 0 Å². The average molecular weight is 274 g/mol. The topological polar surface area (TPSA) is 71.3 Å². The molecule has 1 aromatic carbocycles. The van der Waals surface area contributed by atoms with E-state index in [0.717, 1.165) is 18.5 Å². The summed E-state index contributed by atoms with van der Waals surface area (Å²) in [7, 11) is 0. The number of amides is 1. The summed E-state index contributed by atoms with van der Waals surface area (Å²) in [5.74, 6) is -2.53. The Morgan fingerprint density at radius 3 is 2.80 bits per heavy atom. The first-order chi connectivity index (χ1) is 9.59. The number of nitrogens with one attached hydrogen (secondary N) is 1. The summed E-state index contributed by atoms with van der Waals surface area (Å²) in [5, 5.41) is 12.5. The molecule has 0 saturated carbocycles. The average Bonchev–Trinajstić information content (AvgIpc) is 2.85. The molecule has 0 fully saturated rings. The molecule has 0 aliphatic carbocycles. The molecule has 2 rings (SSSR count). The van der Waals surface area contributed by atoms with Crippen LogP contribution < -0.4 is 5.32 Å². The fraction of sp³-hybridized carbons (Fsp3) is 0.333. The van der Waals surface area contributed by atoms with Crippen molar-refractivity contribution in [2.75, 3.05) is 6.54 Å². The van der Waals surface area contributed by atoms with Crippen LogP contribution >= 0.6 is 0 Å². The number of benzene rings is 1. The van der Waals surface area contributed by atoms with Crippen molar-refractivity contribution in [2.45, 2.75) is 19.9 Å². The van der Waals surface area contributed by atoms with Gasteiger partial charge in [0.05, 0.1) is 0 Å². The van der Waals surface area contributed by atoms with E-state index in [-0.39, 0.29) is 0 Å². The van der Waals surface area contributed by atoms with Gasteiger partial charge in [0.2, 0.25) is 5.91 Å². The largest absolute Gasteiger partial charge is 0.481 e. The Labute approximate surface area is 117 Å². The number of carboxylic acid groups (broad SMARTS) is 1. The van der Waals surface area contributed by atoms with Crippen molar-refractivity contribution >= 4 is 22.8 Å². The van der Waals surface area contributed by atoms with Crippen LogP contribution in [0.1, 0.15) is 13.3 Å². The van der Waals surface area contributed by atoms with Gasteiger partial charge in [-0.15, -0.1) is 0 Å². The van der Waals surface area contributed by atoms with Crippen molar-refractivity contribution in [3.63, 3.8) is 0 Å². The van der Waals surface area contributed by atoms with Gasteiger partial charge in [0.25, 0.3) is 0 Å². The maximum absolute atomic E-state index is 11.5. The molecule has 5 heteroatoms. The number of rotatable bonds is 6. The first kappa shape index (κ1) is 14.1. The highest BCUT2D eigenvalue weighted by atomic mass is 16.4. The smallest absolute Gasteiger partial charge is 0.315 e. The summed E-state index contributed by atoms with van der Waals surface area (Å²) in [4.78, 5) is 22.1. The summed E-state index contributed by atoms with van der Waals surface area (Å²) in [5.41, 5.74) is 1.16. The van der Waals surface area contributed by atoms with Gasteiger partial charge in [0.1, 0.15) is 5.92 Å². The molecule has 20 heavy (non-hydrogen) atoms. The molecule has 1 amide bonds. The predicted octanol–water partition coefficient (Wildman–Crippen LogP) is 1.87. The highest BCUT2D eigenvalue weighted by Crippen LogP contribution is 2.15. The molecule has 0 aliphatic heterocycles. The number of carboxylic acids is 1. The van der Waals surface area contributed by atoms with E-state index in [0.29, 0.717) is 6.54 Å². The Morgan fingerprint density at radius 2 is 2.05 bits per heavy atom. The molecule has 1 unspecified atom stereocenters. The summed E-state index contributed by atoms with van der Waals surface area (Å²) in [6.07, 6.45) is 2.78. The molecule has 0 radical (unpaired) electrons. The van der Waals surface area contributed by atoms with Crippen molar-refractivity contribution in [1.82, 2.24) is 9.88 Å². The number of hydrogen-bond donors (Lipinski definition) is 2. The lowest BCUT2D eigenvalue weighted by atomic mass is 10.2. The number of aromatic nitrogens is 1. The number of carbonyl (C=O) groups excluding carboxylic acids is 1. The first-order valence-electron chi connectivity index (χ1n) is 6.64. The van der Waals surface area contributed by atoms with Crippen LogP contribution in [-0.4, -0.2) is 28.1 Å². The Bertz CT molecular complexity index is 618. The first-order valence-corrected chi connectivity index (χ1v) is 6.64. The summed E-state index contributed by atoms with van der Waals surface area (Å²) < 4.78 is 2.13. The molecule has 0 saturated heterocycles. The van der Waals surface area contributed by atoms with Gasteiger partial charge in [-0.1, -0.05) is 18.2 Å². The number of fused-ring (bicyclic) bond motifs is 1. The number of aryl methyl sites for hydroxylation is 1. The minimum Gasteiger partial charge on any atom is -0.481 e. The van der Waals surface area contributed by atoms with Crippen LogP contribution in [0.4, 0.5) is 0 Å². The van der Waals surface area contributed by atoms with Crippen LogP contribution in [0, 0.1) is 5.92 Å². The summed E-state index contributed by atoms with van der Waals surface area (Å²) >= 11 is 0. The Morgan fingerprint density at radius 1 is 1.30 bits per heavy atom. The van der Waals surface area contributed by atoms with E-state index in [9.17, 15) is 9.59 Å². The lowest BCUT2D eigenvalue weighted by Gasteiger charge is -2.09. The zero-order valence-corrected chi connectivity index (χ0v) is 11.4. The molecule has 2 N–H and O–H groups in total. The fourth-order valence-corrected chi connectivity index (χ4v) is 2.06. The second kappa shape index (κ2) is 6.23. The molecular weight excluding hydrogens is 256 g/mol. The molecule has 0 aliphatic rings. The van der Waals surface area contributed by atoms with Gasteiger partial charge in [0, 0.05) is 24.8 Å². The molecule has 1 heterocycles. The highest BCUT2D eigenvalue weighted by molar-refractivity contribution is 5.96. The predicted molar refractivity (Wildman–Crippen MR) is 76.4 cm³/mol. The monoisotopic (exact) mass is 274 g/mol. The minimum atomic E-state index is -1.10. The highest BCUT2D eigenvalue weighted by Gasteiger charge is 2.19. The van der Waals surface area contributed by atoms with E-state index in [1.165, 1.54) is 12.3 Å².